The minimum absolute atomic E-state index is 0.0345. The number of sulfonamides is 1. The van der Waals surface area contributed by atoms with Crippen LogP contribution in [-0.2, 0) is 19.6 Å². The molecule has 0 aromatic heterocycles. The van der Waals surface area contributed by atoms with Gasteiger partial charge in [-0.05, 0) is 80.4 Å². The van der Waals surface area contributed by atoms with Crippen molar-refractivity contribution in [3.63, 3.8) is 0 Å². The molecule has 0 saturated heterocycles. The van der Waals surface area contributed by atoms with E-state index in [0.29, 0.717) is 17.0 Å². The van der Waals surface area contributed by atoms with Crippen molar-refractivity contribution in [1.82, 2.24) is 10.7 Å². The lowest BCUT2D eigenvalue weighted by Crippen LogP contribution is -2.39. The average molecular weight is 523 g/mol. The Kier molecular flexibility index (Phi) is 9.39. The highest BCUT2D eigenvalue weighted by Gasteiger charge is 2.27. The highest BCUT2D eigenvalue weighted by atomic mass is 32.2. The third-order valence-corrected chi connectivity index (χ3v) is 6.80. The average Bonchev–Trinajstić information content (AvgIpc) is 2.87. The molecule has 0 unspecified atom stereocenters. The van der Waals surface area contributed by atoms with E-state index in [4.69, 9.17) is 4.74 Å². The Hall–Kier alpha value is -4.18. The number of hydrogen-bond donors (Lipinski definition) is 2. The second kappa shape index (κ2) is 12.7. The molecule has 0 aliphatic heterocycles. The molecule has 0 spiro atoms. The number of amides is 2. The van der Waals surface area contributed by atoms with Crippen LogP contribution in [0.25, 0.3) is 0 Å². The summed E-state index contributed by atoms with van der Waals surface area (Å²) in [7, 11) is -3.99. The van der Waals surface area contributed by atoms with Crippen molar-refractivity contribution in [2.45, 2.75) is 31.7 Å². The maximum atomic E-state index is 13.3. The summed E-state index contributed by atoms with van der Waals surface area (Å²) in [5.74, 6) is -0.300. The van der Waals surface area contributed by atoms with Crippen molar-refractivity contribution < 1.29 is 22.7 Å². The van der Waals surface area contributed by atoms with E-state index in [1.165, 1.54) is 18.3 Å². The first kappa shape index (κ1) is 27.4. The molecule has 37 heavy (non-hydrogen) atoms. The van der Waals surface area contributed by atoms with Gasteiger partial charge in [0, 0.05) is 6.04 Å². The predicted molar refractivity (Wildman–Crippen MR) is 143 cm³/mol. The van der Waals surface area contributed by atoms with E-state index in [2.05, 4.69) is 15.8 Å². The molecule has 0 fully saturated rings. The van der Waals surface area contributed by atoms with Crippen molar-refractivity contribution >= 4 is 33.7 Å². The zero-order chi connectivity index (χ0) is 26.8. The maximum absolute atomic E-state index is 13.3. The van der Waals surface area contributed by atoms with Crippen molar-refractivity contribution in [3.8, 4) is 5.75 Å². The molecule has 194 valence electrons. The number of carbonyl (C=O) groups is 2. The maximum Gasteiger partial charge on any atom is 0.264 e. The summed E-state index contributed by atoms with van der Waals surface area (Å²) in [5, 5.41) is 6.69. The normalized spacial score (nSPS) is 11.4. The van der Waals surface area contributed by atoms with E-state index < -0.39 is 22.5 Å². The van der Waals surface area contributed by atoms with Crippen molar-refractivity contribution in [3.05, 3.63) is 90.0 Å². The van der Waals surface area contributed by atoms with Crippen LogP contribution in [0.1, 0.15) is 25.0 Å². The van der Waals surface area contributed by atoms with Gasteiger partial charge in [0.2, 0.25) is 0 Å². The lowest BCUT2D eigenvalue weighted by molar-refractivity contribution is -0.123. The van der Waals surface area contributed by atoms with Gasteiger partial charge in [-0.1, -0.05) is 30.3 Å². The van der Waals surface area contributed by atoms with Crippen LogP contribution in [0.3, 0.4) is 0 Å². The number of nitrogens with one attached hydrogen (secondary N) is 2. The van der Waals surface area contributed by atoms with Crippen molar-refractivity contribution in [2.75, 3.05) is 17.5 Å². The second-order valence-electron chi connectivity index (χ2n) is 8.54. The van der Waals surface area contributed by atoms with E-state index in [0.717, 1.165) is 9.87 Å². The molecular formula is C27H30N4O5S. The summed E-state index contributed by atoms with van der Waals surface area (Å²) in [4.78, 5) is 24.4. The van der Waals surface area contributed by atoms with Gasteiger partial charge in [-0.15, -0.1) is 0 Å². The number of carbonyl (C=O) groups excluding carboxylic acids is 2. The smallest absolute Gasteiger partial charge is 0.264 e. The number of nitrogens with zero attached hydrogens (tertiary/aromatic N) is 2. The van der Waals surface area contributed by atoms with Gasteiger partial charge < -0.3 is 10.1 Å². The van der Waals surface area contributed by atoms with Crippen molar-refractivity contribution in [1.29, 1.82) is 0 Å². The largest absolute Gasteiger partial charge is 0.484 e. The molecule has 2 N–H and O–H groups in total. The van der Waals surface area contributed by atoms with Crippen LogP contribution < -0.4 is 19.8 Å². The number of rotatable bonds is 11. The van der Waals surface area contributed by atoms with Crippen molar-refractivity contribution in [2.24, 2.45) is 5.10 Å². The fourth-order valence-electron chi connectivity index (χ4n) is 3.33. The Bertz CT molecular complexity index is 1340. The van der Waals surface area contributed by atoms with Gasteiger partial charge in [0.25, 0.3) is 21.8 Å². The van der Waals surface area contributed by atoms with Crippen LogP contribution in [0.2, 0.25) is 0 Å². The number of aryl methyl sites for hydroxylation is 1. The molecule has 9 nitrogen and oxygen atoms in total. The van der Waals surface area contributed by atoms with Crippen LogP contribution in [0.5, 0.6) is 5.75 Å². The molecule has 3 aromatic rings. The Morgan fingerprint density at radius 3 is 2.32 bits per heavy atom. The van der Waals surface area contributed by atoms with E-state index in [9.17, 15) is 18.0 Å². The molecule has 0 atom stereocenters. The van der Waals surface area contributed by atoms with Gasteiger partial charge in [-0.2, -0.15) is 5.10 Å². The Morgan fingerprint density at radius 2 is 1.68 bits per heavy atom. The molecule has 0 heterocycles. The van der Waals surface area contributed by atoms with Crippen LogP contribution in [0.15, 0.2) is 88.9 Å². The summed E-state index contributed by atoms with van der Waals surface area (Å²) in [6.45, 7) is 5.03. The molecule has 10 heteroatoms. The van der Waals surface area contributed by atoms with Crippen LogP contribution in [-0.4, -0.2) is 45.6 Å². The summed E-state index contributed by atoms with van der Waals surface area (Å²) >= 11 is 0. The van der Waals surface area contributed by atoms with Crippen LogP contribution in [0.4, 0.5) is 5.69 Å². The molecule has 0 radical (unpaired) electrons. The number of ether oxygens (including phenoxy) is 1. The number of hydrogen-bond acceptors (Lipinski definition) is 6. The van der Waals surface area contributed by atoms with E-state index >= 15 is 0 Å². The molecule has 0 aliphatic rings. The summed E-state index contributed by atoms with van der Waals surface area (Å²) in [6.07, 6.45) is 1.43. The first-order valence-corrected chi connectivity index (χ1v) is 13.1. The standard InChI is InChI=1S/C27H30N4O5S/c1-20(2)29-27(33)19-36-24-14-12-22(13-15-24)17-28-30-26(32)18-31(23-9-7-8-21(3)16-23)37(34,35)25-10-5-4-6-11-25/h4-17,20H,18-19H2,1-3H3,(H,29,33)(H,30,32)/b28-17+. The third kappa shape index (κ3) is 8.18. The van der Waals surface area contributed by atoms with Gasteiger partial charge in [-0.3, -0.25) is 13.9 Å². The quantitative estimate of drug-likeness (QED) is 0.296. The summed E-state index contributed by atoms with van der Waals surface area (Å²) in [5.41, 5.74) is 4.29. The Labute approximate surface area is 217 Å². The molecule has 0 aliphatic carbocycles. The van der Waals surface area contributed by atoms with Gasteiger partial charge in [0.1, 0.15) is 12.3 Å². The van der Waals surface area contributed by atoms with Gasteiger partial charge in [0.15, 0.2) is 6.61 Å². The van der Waals surface area contributed by atoms with E-state index in [1.54, 1.807) is 60.7 Å². The zero-order valence-electron chi connectivity index (χ0n) is 20.9. The van der Waals surface area contributed by atoms with Gasteiger partial charge >= 0.3 is 0 Å². The third-order valence-electron chi connectivity index (χ3n) is 5.01. The number of hydrazone groups is 1. The van der Waals surface area contributed by atoms with Gasteiger partial charge in [-0.25, -0.2) is 13.8 Å². The number of benzene rings is 3. The van der Waals surface area contributed by atoms with Gasteiger partial charge in [0.05, 0.1) is 16.8 Å². The van der Waals surface area contributed by atoms with E-state index in [-0.39, 0.29) is 23.5 Å². The van der Waals surface area contributed by atoms with Crippen LogP contribution >= 0.6 is 0 Å². The first-order chi connectivity index (χ1) is 17.6. The zero-order valence-corrected chi connectivity index (χ0v) is 21.7. The fraction of sp³-hybridized carbons (Fsp3) is 0.222. The monoisotopic (exact) mass is 522 g/mol. The summed E-state index contributed by atoms with van der Waals surface area (Å²) in [6, 6.07) is 21.7. The summed E-state index contributed by atoms with van der Waals surface area (Å²) < 4.78 is 33.1. The number of anilines is 1. The Morgan fingerprint density at radius 1 is 0.973 bits per heavy atom. The minimum atomic E-state index is -3.99. The predicted octanol–water partition coefficient (Wildman–Crippen LogP) is 3.24. The van der Waals surface area contributed by atoms with E-state index in [1.807, 2.05) is 26.8 Å². The topological polar surface area (TPSA) is 117 Å². The molecule has 0 bridgehead atoms. The Balaban J connectivity index is 1.64. The fourth-order valence-corrected chi connectivity index (χ4v) is 4.76. The molecule has 0 saturated carbocycles. The SMILES string of the molecule is Cc1cccc(N(CC(=O)N/N=C/c2ccc(OCC(=O)NC(C)C)cc2)S(=O)(=O)c2ccccc2)c1. The highest BCUT2D eigenvalue weighted by molar-refractivity contribution is 7.92. The molecule has 2 amide bonds. The highest BCUT2D eigenvalue weighted by Crippen LogP contribution is 2.24. The lowest BCUT2D eigenvalue weighted by Gasteiger charge is -2.24. The second-order valence-corrected chi connectivity index (χ2v) is 10.4. The minimum Gasteiger partial charge on any atom is -0.484 e. The molecule has 3 rings (SSSR count). The molecule has 3 aromatic carbocycles. The lowest BCUT2D eigenvalue weighted by atomic mass is 10.2. The van der Waals surface area contributed by atoms with Crippen LogP contribution in [0, 0.1) is 6.92 Å². The first-order valence-electron chi connectivity index (χ1n) is 11.6. The molecular weight excluding hydrogens is 492 g/mol.